The zero-order chi connectivity index (χ0) is 13.8. The number of benzene rings is 1. The second kappa shape index (κ2) is 6.38. The van der Waals surface area contributed by atoms with Gasteiger partial charge in [0.25, 0.3) is 0 Å². The molecule has 1 N–H and O–H groups in total. The molecule has 0 aliphatic heterocycles. The van der Waals surface area contributed by atoms with Crippen molar-refractivity contribution in [2.24, 2.45) is 5.92 Å². The molecule has 2 rings (SSSR count). The molecule has 0 bridgehead atoms. The summed E-state index contributed by atoms with van der Waals surface area (Å²) in [5.41, 5.74) is 0.983. The van der Waals surface area contributed by atoms with Crippen molar-refractivity contribution in [1.82, 2.24) is 5.32 Å². The Morgan fingerprint density at radius 3 is 2.79 bits per heavy atom. The van der Waals surface area contributed by atoms with Gasteiger partial charge < -0.3 is 10.1 Å². The van der Waals surface area contributed by atoms with Crippen molar-refractivity contribution in [3.63, 3.8) is 0 Å². The maximum absolute atomic E-state index is 13.7. The van der Waals surface area contributed by atoms with Crippen molar-refractivity contribution in [3.05, 3.63) is 29.6 Å². The smallest absolute Gasteiger partial charge is 0.165 e. The minimum atomic E-state index is -0.286. The van der Waals surface area contributed by atoms with Crippen LogP contribution in [0.15, 0.2) is 18.2 Å². The van der Waals surface area contributed by atoms with Gasteiger partial charge >= 0.3 is 0 Å². The highest BCUT2D eigenvalue weighted by Crippen LogP contribution is 2.27. The normalized spacial score (nSPS) is 25.1. The summed E-state index contributed by atoms with van der Waals surface area (Å²) >= 11 is 0. The first-order valence-corrected chi connectivity index (χ1v) is 7.19. The van der Waals surface area contributed by atoms with Gasteiger partial charge in [-0.25, -0.2) is 4.39 Å². The minimum absolute atomic E-state index is 0.177. The molecule has 1 aliphatic carbocycles. The fourth-order valence-corrected chi connectivity index (χ4v) is 2.99. The van der Waals surface area contributed by atoms with Crippen molar-refractivity contribution in [2.45, 2.75) is 51.6 Å². The molecule has 3 heteroatoms. The molecule has 0 heterocycles. The van der Waals surface area contributed by atoms with Crippen molar-refractivity contribution in [3.8, 4) is 5.75 Å². The average molecular weight is 265 g/mol. The molecule has 1 saturated carbocycles. The molecule has 1 aliphatic rings. The molecule has 19 heavy (non-hydrogen) atoms. The number of methoxy groups -OCH3 is 1. The van der Waals surface area contributed by atoms with E-state index in [2.05, 4.69) is 19.2 Å². The van der Waals surface area contributed by atoms with Gasteiger partial charge in [0.15, 0.2) is 11.6 Å². The van der Waals surface area contributed by atoms with E-state index in [1.54, 1.807) is 12.1 Å². The number of halogens is 1. The molecule has 106 valence electrons. The van der Waals surface area contributed by atoms with E-state index in [4.69, 9.17) is 4.74 Å². The van der Waals surface area contributed by atoms with Gasteiger partial charge in [0.1, 0.15) is 0 Å². The van der Waals surface area contributed by atoms with Gasteiger partial charge in [-0.15, -0.1) is 0 Å². The van der Waals surface area contributed by atoms with Crippen molar-refractivity contribution in [2.75, 3.05) is 7.11 Å². The Kier molecular flexibility index (Phi) is 4.81. The van der Waals surface area contributed by atoms with Crippen LogP contribution in [0, 0.1) is 11.7 Å². The molecule has 0 aromatic heterocycles. The van der Waals surface area contributed by atoms with E-state index >= 15 is 0 Å². The number of hydrogen-bond acceptors (Lipinski definition) is 2. The topological polar surface area (TPSA) is 21.3 Å². The first-order chi connectivity index (χ1) is 9.10. The predicted molar refractivity (Wildman–Crippen MR) is 75.9 cm³/mol. The standard InChI is InChI=1S/C16H24FNO/c1-11-5-4-6-14(9-11)18-12(2)13-7-8-16(19-3)15(17)10-13/h7-8,10-12,14,18H,4-6,9H2,1-3H3. The Bertz CT molecular complexity index is 421. The predicted octanol–water partition coefficient (Wildman–Crippen LogP) is 4.06. The van der Waals surface area contributed by atoms with Crippen LogP contribution in [0.2, 0.25) is 0 Å². The van der Waals surface area contributed by atoms with Gasteiger partial charge in [0.2, 0.25) is 0 Å². The third-order valence-corrected chi connectivity index (χ3v) is 4.10. The SMILES string of the molecule is COc1ccc(C(C)NC2CCCC(C)C2)cc1F. The van der Waals surface area contributed by atoms with Gasteiger partial charge in [-0.2, -0.15) is 0 Å². The number of rotatable bonds is 4. The highest BCUT2D eigenvalue weighted by Gasteiger charge is 2.20. The summed E-state index contributed by atoms with van der Waals surface area (Å²) in [6, 6.07) is 5.95. The first-order valence-electron chi connectivity index (χ1n) is 7.19. The highest BCUT2D eigenvalue weighted by atomic mass is 19.1. The van der Waals surface area contributed by atoms with Gasteiger partial charge in [0.05, 0.1) is 7.11 Å². The average Bonchev–Trinajstić information content (AvgIpc) is 2.38. The lowest BCUT2D eigenvalue weighted by atomic mass is 9.86. The maximum atomic E-state index is 13.7. The van der Waals surface area contributed by atoms with E-state index in [-0.39, 0.29) is 11.9 Å². The summed E-state index contributed by atoms with van der Waals surface area (Å²) in [5.74, 6) is 0.818. The molecule has 0 spiro atoms. The van der Waals surface area contributed by atoms with Crippen LogP contribution in [-0.4, -0.2) is 13.2 Å². The fourth-order valence-electron chi connectivity index (χ4n) is 2.99. The number of ether oxygens (including phenoxy) is 1. The van der Waals surface area contributed by atoms with Crippen LogP contribution in [0.3, 0.4) is 0 Å². The van der Waals surface area contributed by atoms with Crippen molar-refractivity contribution in [1.29, 1.82) is 0 Å². The highest BCUT2D eigenvalue weighted by molar-refractivity contribution is 5.30. The zero-order valence-electron chi connectivity index (χ0n) is 12.1. The van der Waals surface area contributed by atoms with Gasteiger partial charge in [-0.3, -0.25) is 0 Å². The molecule has 0 radical (unpaired) electrons. The summed E-state index contributed by atoms with van der Waals surface area (Å²) < 4.78 is 18.6. The molecule has 3 atom stereocenters. The maximum Gasteiger partial charge on any atom is 0.165 e. The summed E-state index contributed by atoms with van der Waals surface area (Å²) in [5, 5.41) is 3.62. The minimum Gasteiger partial charge on any atom is -0.494 e. The quantitative estimate of drug-likeness (QED) is 0.886. The van der Waals surface area contributed by atoms with Crippen LogP contribution in [0.1, 0.15) is 51.1 Å². The van der Waals surface area contributed by atoms with E-state index in [1.807, 2.05) is 6.07 Å². The largest absolute Gasteiger partial charge is 0.494 e. The van der Waals surface area contributed by atoms with Crippen LogP contribution < -0.4 is 10.1 Å². The summed E-state index contributed by atoms with van der Waals surface area (Å²) in [4.78, 5) is 0. The Morgan fingerprint density at radius 1 is 1.37 bits per heavy atom. The lowest BCUT2D eigenvalue weighted by molar-refractivity contribution is 0.285. The Balaban J connectivity index is 1.99. The molecule has 0 amide bonds. The Labute approximate surface area is 115 Å². The molecular weight excluding hydrogens is 241 g/mol. The lowest BCUT2D eigenvalue weighted by Crippen LogP contribution is -2.35. The van der Waals surface area contributed by atoms with Crippen LogP contribution in [0.5, 0.6) is 5.75 Å². The molecule has 2 nitrogen and oxygen atoms in total. The van der Waals surface area contributed by atoms with E-state index in [0.717, 1.165) is 11.5 Å². The molecule has 1 aromatic carbocycles. The van der Waals surface area contributed by atoms with E-state index < -0.39 is 0 Å². The third-order valence-electron chi connectivity index (χ3n) is 4.10. The first kappa shape index (κ1) is 14.3. The van der Waals surface area contributed by atoms with E-state index in [1.165, 1.54) is 32.8 Å². The lowest BCUT2D eigenvalue weighted by Gasteiger charge is -2.30. The molecule has 3 unspecified atom stereocenters. The fraction of sp³-hybridized carbons (Fsp3) is 0.625. The van der Waals surface area contributed by atoms with Crippen LogP contribution in [0.25, 0.3) is 0 Å². The summed E-state index contributed by atoms with van der Waals surface area (Å²) in [6.07, 6.45) is 5.09. The van der Waals surface area contributed by atoms with Crippen LogP contribution >= 0.6 is 0 Å². The molecule has 1 aromatic rings. The summed E-state index contributed by atoms with van der Waals surface area (Å²) in [7, 11) is 1.49. The second-order valence-corrected chi connectivity index (χ2v) is 5.75. The summed E-state index contributed by atoms with van der Waals surface area (Å²) in [6.45, 7) is 4.41. The molecular formula is C16H24FNO. The van der Waals surface area contributed by atoms with Crippen molar-refractivity contribution >= 4 is 0 Å². The number of nitrogens with one attached hydrogen (secondary N) is 1. The zero-order valence-corrected chi connectivity index (χ0v) is 12.1. The van der Waals surface area contributed by atoms with Crippen LogP contribution in [0.4, 0.5) is 4.39 Å². The molecule has 0 saturated heterocycles. The number of hydrogen-bond donors (Lipinski definition) is 1. The van der Waals surface area contributed by atoms with Crippen LogP contribution in [-0.2, 0) is 0 Å². The van der Waals surface area contributed by atoms with Gasteiger partial charge in [-0.05, 0) is 43.4 Å². The van der Waals surface area contributed by atoms with Gasteiger partial charge in [-0.1, -0.05) is 25.8 Å². The third kappa shape index (κ3) is 3.69. The molecule has 1 fully saturated rings. The Hall–Kier alpha value is -1.09. The van der Waals surface area contributed by atoms with Crippen molar-refractivity contribution < 1.29 is 9.13 Å². The monoisotopic (exact) mass is 265 g/mol. The van der Waals surface area contributed by atoms with E-state index in [9.17, 15) is 4.39 Å². The Morgan fingerprint density at radius 2 is 2.16 bits per heavy atom. The van der Waals surface area contributed by atoms with E-state index in [0.29, 0.717) is 11.8 Å². The second-order valence-electron chi connectivity index (χ2n) is 5.75. The van der Waals surface area contributed by atoms with Gasteiger partial charge in [0, 0.05) is 12.1 Å².